The van der Waals surface area contributed by atoms with Crippen LogP contribution in [0.5, 0.6) is 5.88 Å². The predicted octanol–water partition coefficient (Wildman–Crippen LogP) is 1.88. The zero-order valence-corrected chi connectivity index (χ0v) is 9.03. The summed E-state index contributed by atoms with van der Waals surface area (Å²) in [6.07, 6.45) is 2.02. The second-order valence-electron chi connectivity index (χ2n) is 3.04. The highest BCUT2D eigenvalue weighted by molar-refractivity contribution is 7.98. The number of aromatic hydroxyl groups is 1. The van der Waals surface area contributed by atoms with E-state index in [2.05, 4.69) is 5.10 Å². The van der Waals surface area contributed by atoms with Gasteiger partial charge in [0.1, 0.15) is 5.82 Å². The Bertz CT molecular complexity index is 464. The lowest BCUT2D eigenvalue weighted by Crippen LogP contribution is -2.00. The van der Waals surface area contributed by atoms with Crippen LogP contribution in [0.25, 0.3) is 5.69 Å². The van der Waals surface area contributed by atoms with E-state index in [0.29, 0.717) is 5.82 Å². The van der Waals surface area contributed by atoms with E-state index in [1.807, 2.05) is 30.5 Å². The molecule has 2 rings (SSSR count). The third kappa shape index (κ3) is 1.92. The molecule has 2 aromatic rings. The predicted molar refractivity (Wildman–Crippen MR) is 61.4 cm³/mol. The highest BCUT2D eigenvalue weighted by Gasteiger charge is 2.05. The Morgan fingerprint density at radius 3 is 2.47 bits per heavy atom. The number of nitrogens with zero attached hydrogens (tertiary/aromatic N) is 2. The van der Waals surface area contributed by atoms with E-state index in [1.165, 1.54) is 15.6 Å². The van der Waals surface area contributed by atoms with Crippen LogP contribution in [-0.4, -0.2) is 21.1 Å². The van der Waals surface area contributed by atoms with Crippen molar-refractivity contribution < 1.29 is 5.11 Å². The van der Waals surface area contributed by atoms with Gasteiger partial charge in [-0.3, -0.25) is 0 Å². The molecule has 0 fully saturated rings. The van der Waals surface area contributed by atoms with Crippen molar-refractivity contribution in [2.45, 2.75) is 4.90 Å². The van der Waals surface area contributed by atoms with Gasteiger partial charge in [-0.1, -0.05) is 0 Å². The molecule has 0 bridgehead atoms. The minimum absolute atomic E-state index is 0.0681. The smallest absolute Gasteiger partial charge is 0.232 e. The molecule has 0 unspecified atom stereocenters. The summed E-state index contributed by atoms with van der Waals surface area (Å²) in [5, 5.41) is 13.1. The van der Waals surface area contributed by atoms with E-state index in [1.54, 1.807) is 11.8 Å². The lowest BCUT2D eigenvalue weighted by atomic mass is 10.3. The lowest BCUT2D eigenvalue weighted by molar-refractivity contribution is 0.448. The van der Waals surface area contributed by atoms with Crippen LogP contribution in [0.3, 0.4) is 0 Å². The molecule has 1 heterocycles. The number of aromatic nitrogens is 2. The van der Waals surface area contributed by atoms with E-state index >= 15 is 0 Å². The molecule has 1 aromatic carbocycles. The molecule has 3 N–H and O–H groups in total. The van der Waals surface area contributed by atoms with Crippen molar-refractivity contribution >= 4 is 17.6 Å². The first-order valence-electron chi connectivity index (χ1n) is 4.39. The Morgan fingerprint density at radius 2 is 2.00 bits per heavy atom. The summed E-state index contributed by atoms with van der Waals surface area (Å²) >= 11 is 1.67. The van der Waals surface area contributed by atoms with Crippen LogP contribution in [-0.2, 0) is 0 Å². The van der Waals surface area contributed by atoms with Crippen LogP contribution in [0.15, 0.2) is 35.2 Å². The third-order valence-corrected chi connectivity index (χ3v) is 2.78. The highest BCUT2D eigenvalue weighted by atomic mass is 32.2. The summed E-state index contributed by atoms with van der Waals surface area (Å²) in [6, 6.07) is 9.21. The molecule has 0 atom stereocenters. The van der Waals surface area contributed by atoms with Gasteiger partial charge in [0.05, 0.1) is 5.69 Å². The van der Waals surface area contributed by atoms with Crippen LogP contribution in [0, 0.1) is 0 Å². The first-order valence-corrected chi connectivity index (χ1v) is 5.62. The van der Waals surface area contributed by atoms with Crippen molar-refractivity contribution in [2.24, 2.45) is 0 Å². The number of hydrogen-bond donors (Lipinski definition) is 2. The van der Waals surface area contributed by atoms with E-state index in [4.69, 9.17) is 5.73 Å². The normalized spacial score (nSPS) is 10.5. The highest BCUT2D eigenvalue weighted by Crippen LogP contribution is 2.20. The fourth-order valence-electron chi connectivity index (χ4n) is 1.31. The van der Waals surface area contributed by atoms with Crippen molar-refractivity contribution in [1.29, 1.82) is 0 Å². The van der Waals surface area contributed by atoms with Crippen LogP contribution < -0.4 is 5.73 Å². The molecule has 78 valence electrons. The summed E-state index contributed by atoms with van der Waals surface area (Å²) in [7, 11) is 0. The van der Waals surface area contributed by atoms with Gasteiger partial charge in [0, 0.05) is 11.0 Å². The van der Waals surface area contributed by atoms with E-state index < -0.39 is 0 Å². The largest absolute Gasteiger partial charge is 0.492 e. The van der Waals surface area contributed by atoms with Crippen molar-refractivity contribution in [3.63, 3.8) is 0 Å². The second kappa shape index (κ2) is 3.86. The molecular formula is C10H11N3OS. The van der Waals surface area contributed by atoms with Gasteiger partial charge in [-0.2, -0.15) is 0 Å². The Morgan fingerprint density at radius 1 is 1.33 bits per heavy atom. The minimum Gasteiger partial charge on any atom is -0.492 e. The molecule has 0 aliphatic rings. The van der Waals surface area contributed by atoms with Crippen molar-refractivity contribution in [3.8, 4) is 11.6 Å². The van der Waals surface area contributed by atoms with E-state index in [0.717, 1.165) is 5.69 Å². The van der Waals surface area contributed by atoms with Crippen LogP contribution >= 0.6 is 11.8 Å². The standard InChI is InChI=1S/C10H11N3OS/c1-15-8-4-2-7(3-5-8)13-9(11)6-10(14)12-13/h2-6H,11H2,1H3,(H,12,14). The average molecular weight is 221 g/mol. The molecule has 0 aliphatic carbocycles. The number of rotatable bonds is 2. The van der Waals surface area contributed by atoms with Gasteiger partial charge in [-0.25, -0.2) is 4.68 Å². The number of nitrogens with two attached hydrogens (primary N) is 1. The summed E-state index contributed by atoms with van der Waals surface area (Å²) in [5.74, 6) is 0.353. The molecule has 15 heavy (non-hydrogen) atoms. The van der Waals surface area contributed by atoms with Crippen LogP contribution in [0.2, 0.25) is 0 Å². The topological polar surface area (TPSA) is 64.1 Å². The summed E-state index contributed by atoms with van der Waals surface area (Å²) < 4.78 is 1.50. The summed E-state index contributed by atoms with van der Waals surface area (Å²) in [5.41, 5.74) is 6.52. The Balaban J connectivity index is 2.41. The van der Waals surface area contributed by atoms with Gasteiger partial charge < -0.3 is 10.8 Å². The summed E-state index contributed by atoms with van der Waals surface area (Å²) in [6.45, 7) is 0. The van der Waals surface area contributed by atoms with Crippen LogP contribution in [0.1, 0.15) is 0 Å². The molecule has 1 aromatic heterocycles. The van der Waals surface area contributed by atoms with E-state index in [-0.39, 0.29) is 5.88 Å². The molecule has 0 spiro atoms. The molecule has 0 saturated heterocycles. The maximum Gasteiger partial charge on any atom is 0.232 e. The zero-order valence-electron chi connectivity index (χ0n) is 8.21. The number of benzene rings is 1. The van der Waals surface area contributed by atoms with Gasteiger partial charge >= 0.3 is 0 Å². The zero-order chi connectivity index (χ0) is 10.8. The number of thioether (sulfide) groups is 1. The van der Waals surface area contributed by atoms with Gasteiger partial charge in [-0.15, -0.1) is 16.9 Å². The van der Waals surface area contributed by atoms with E-state index in [9.17, 15) is 5.11 Å². The monoisotopic (exact) mass is 221 g/mol. The molecular weight excluding hydrogens is 210 g/mol. The summed E-state index contributed by atoms with van der Waals surface area (Å²) in [4.78, 5) is 1.17. The van der Waals surface area contributed by atoms with Crippen LogP contribution in [0.4, 0.5) is 5.82 Å². The third-order valence-electron chi connectivity index (χ3n) is 2.04. The van der Waals surface area contributed by atoms with Gasteiger partial charge in [0.2, 0.25) is 5.88 Å². The van der Waals surface area contributed by atoms with Crippen molar-refractivity contribution in [3.05, 3.63) is 30.3 Å². The molecule has 0 saturated carbocycles. The second-order valence-corrected chi connectivity index (χ2v) is 3.92. The average Bonchev–Trinajstić information content (AvgIpc) is 2.58. The van der Waals surface area contributed by atoms with Crippen molar-refractivity contribution in [2.75, 3.05) is 12.0 Å². The molecule has 0 amide bonds. The molecule has 4 nitrogen and oxygen atoms in total. The molecule has 0 radical (unpaired) electrons. The maximum atomic E-state index is 9.18. The first-order chi connectivity index (χ1) is 7.20. The quantitative estimate of drug-likeness (QED) is 0.760. The van der Waals surface area contributed by atoms with Gasteiger partial charge in [0.25, 0.3) is 0 Å². The fraction of sp³-hybridized carbons (Fsp3) is 0.100. The Labute approximate surface area is 91.7 Å². The molecule has 0 aliphatic heterocycles. The number of nitrogen functional groups attached to an aromatic ring is 1. The minimum atomic E-state index is -0.0681. The number of anilines is 1. The Hall–Kier alpha value is -1.62. The first kappa shape index (κ1) is 9.92. The molecule has 5 heteroatoms. The lowest BCUT2D eigenvalue weighted by Gasteiger charge is -2.03. The maximum absolute atomic E-state index is 9.18. The van der Waals surface area contributed by atoms with Crippen molar-refractivity contribution in [1.82, 2.24) is 9.78 Å². The van der Waals surface area contributed by atoms with Gasteiger partial charge in [-0.05, 0) is 30.5 Å². The fourth-order valence-corrected chi connectivity index (χ4v) is 1.72. The number of hydrogen-bond acceptors (Lipinski definition) is 4. The SMILES string of the molecule is CSc1ccc(-n2nc(O)cc2N)cc1. The van der Waals surface area contributed by atoms with Gasteiger partial charge in [0.15, 0.2) is 0 Å². The Kier molecular flexibility index (Phi) is 2.55.